The lowest BCUT2D eigenvalue weighted by atomic mass is 10.0. The molecule has 2 nitrogen and oxygen atoms in total. The average Bonchev–Trinajstić information content (AvgIpc) is 3.38. The van der Waals surface area contributed by atoms with Crippen molar-refractivity contribution < 1.29 is 0 Å². The van der Waals surface area contributed by atoms with Crippen molar-refractivity contribution >= 4 is 42.5 Å². The molecular weight excluding hydrogens is 408 g/mol. The maximum Gasteiger partial charge on any atom is 0.141 e. The molecule has 2 aromatic heterocycles. The number of hydrogen-bond acceptors (Lipinski definition) is 2. The summed E-state index contributed by atoms with van der Waals surface area (Å²) in [5.41, 5.74) is 5.82. The predicted octanol–water partition coefficient (Wildman–Crippen LogP) is 8.49. The van der Waals surface area contributed by atoms with Gasteiger partial charge >= 0.3 is 0 Å². The fraction of sp³-hybridized carbons (Fsp3) is 0.138. The maximum absolute atomic E-state index is 5.00. The van der Waals surface area contributed by atoms with Gasteiger partial charge in [-0.2, -0.15) is 0 Å². The molecule has 0 saturated heterocycles. The van der Waals surface area contributed by atoms with Crippen LogP contribution >= 0.6 is 11.3 Å². The van der Waals surface area contributed by atoms with Crippen LogP contribution in [0.15, 0.2) is 91.0 Å². The van der Waals surface area contributed by atoms with E-state index in [0.29, 0.717) is 0 Å². The van der Waals surface area contributed by atoms with Crippen LogP contribution in [0.3, 0.4) is 0 Å². The molecule has 0 aliphatic rings. The van der Waals surface area contributed by atoms with Crippen LogP contribution in [0.2, 0.25) is 0 Å². The fourth-order valence-corrected chi connectivity index (χ4v) is 5.91. The van der Waals surface area contributed by atoms with Gasteiger partial charge in [-0.05, 0) is 50.1 Å². The summed E-state index contributed by atoms with van der Waals surface area (Å²) < 4.78 is 5.04. The Morgan fingerprint density at radius 2 is 1.38 bits per heavy atom. The lowest BCUT2D eigenvalue weighted by Crippen LogP contribution is -2.22. The number of fused-ring (bicyclic) bond motifs is 4. The first kappa shape index (κ1) is 19.3. The Labute approximate surface area is 191 Å². The summed E-state index contributed by atoms with van der Waals surface area (Å²) in [7, 11) is 0. The minimum atomic E-state index is -0.0627. The van der Waals surface area contributed by atoms with Crippen molar-refractivity contribution in [2.24, 2.45) is 0 Å². The lowest BCUT2D eigenvalue weighted by Gasteiger charge is -2.24. The first-order valence-electron chi connectivity index (χ1n) is 11.0. The molecule has 0 spiro atoms. The van der Waals surface area contributed by atoms with Crippen molar-refractivity contribution in [1.82, 2.24) is 9.55 Å². The average molecular weight is 433 g/mol. The topological polar surface area (TPSA) is 17.8 Å². The number of rotatable bonds is 2. The molecule has 0 aliphatic carbocycles. The second-order valence-electron chi connectivity index (χ2n) is 9.29. The van der Waals surface area contributed by atoms with Gasteiger partial charge in [0.1, 0.15) is 5.82 Å². The van der Waals surface area contributed by atoms with Crippen molar-refractivity contribution in [2.45, 2.75) is 26.3 Å². The number of imidazole rings is 1. The first-order valence-corrected chi connectivity index (χ1v) is 11.8. The van der Waals surface area contributed by atoms with Crippen LogP contribution in [0.25, 0.3) is 53.7 Å². The first-order chi connectivity index (χ1) is 15.5. The summed E-state index contributed by atoms with van der Waals surface area (Å²) in [6, 6.07) is 32.6. The Morgan fingerprint density at radius 1 is 0.688 bits per heavy atom. The van der Waals surface area contributed by atoms with E-state index in [1.807, 2.05) is 11.3 Å². The van der Waals surface area contributed by atoms with Crippen molar-refractivity contribution in [3.8, 4) is 22.5 Å². The second-order valence-corrected chi connectivity index (χ2v) is 10.3. The van der Waals surface area contributed by atoms with Gasteiger partial charge in [-0.15, -0.1) is 11.3 Å². The van der Waals surface area contributed by atoms with Gasteiger partial charge < -0.3 is 4.57 Å². The van der Waals surface area contributed by atoms with E-state index in [2.05, 4.69) is 116 Å². The zero-order valence-electron chi connectivity index (χ0n) is 18.5. The lowest BCUT2D eigenvalue weighted by molar-refractivity contribution is 0.413. The molecule has 0 bridgehead atoms. The van der Waals surface area contributed by atoms with Crippen LogP contribution < -0.4 is 0 Å². The molecule has 6 rings (SSSR count). The van der Waals surface area contributed by atoms with Gasteiger partial charge in [0, 0.05) is 31.3 Å². The highest BCUT2D eigenvalue weighted by Crippen LogP contribution is 2.40. The summed E-state index contributed by atoms with van der Waals surface area (Å²) in [4.78, 5) is 5.00. The third-order valence-electron chi connectivity index (χ3n) is 6.09. The van der Waals surface area contributed by atoms with Gasteiger partial charge in [0.25, 0.3) is 0 Å². The summed E-state index contributed by atoms with van der Waals surface area (Å²) in [6.45, 7) is 6.71. The number of para-hydroxylation sites is 2. The molecule has 6 aromatic rings. The van der Waals surface area contributed by atoms with Crippen LogP contribution in [-0.2, 0) is 5.54 Å². The van der Waals surface area contributed by atoms with Gasteiger partial charge in [-0.25, -0.2) is 4.98 Å². The minimum absolute atomic E-state index is 0.0627. The highest BCUT2D eigenvalue weighted by molar-refractivity contribution is 7.26. The van der Waals surface area contributed by atoms with Crippen LogP contribution in [0.5, 0.6) is 0 Å². The number of benzene rings is 4. The van der Waals surface area contributed by atoms with E-state index in [9.17, 15) is 0 Å². The maximum atomic E-state index is 5.00. The van der Waals surface area contributed by atoms with Gasteiger partial charge in [-0.1, -0.05) is 72.8 Å². The fourth-order valence-electron chi connectivity index (χ4n) is 4.67. The van der Waals surface area contributed by atoms with Crippen molar-refractivity contribution in [3.05, 3.63) is 91.0 Å². The Morgan fingerprint density at radius 3 is 2.19 bits per heavy atom. The highest BCUT2D eigenvalue weighted by Gasteiger charge is 2.22. The largest absolute Gasteiger partial charge is 0.319 e. The van der Waals surface area contributed by atoms with E-state index in [0.717, 1.165) is 16.9 Å². The molecule has 0 amide bonds. The summed E-state index contributed by atoms with van der Waals surface area (Å²) in [5, 5.41) is 2.67. The Kier molecular flexibility index (Phi) is 4.24. The smallest absolute Gasteiger partial charge is 0.141 e. The predicted molar refractivity (Wildman–Crippen MR) is 138 cm³/mol. The van der Waals surface area contributed by atoms with Crippen LogP contribution in [0.4, 0.5) is 0 Å². The van der Waals surface area contributed by atoms with Crippen LogP contribution in [0.1, 0.15) is 20.8 Å². The third kappa shape index (κ3) is 2.96. The molecule has 0 unspecified atom stereocenters. The van der Waals surface area contributed by atoms with E-state index in [4.69, 9.17) is 4.98 Å². The van der Waals surface area contributed by atoms with Gasteiger partial charge in [0.05, 0.1) is 11.0 Å². The summed E-state index contributed by atoms with van der Waals surface area (Å²) in [6.07, 6.45) is 0. The molecule has 32 heavy (non-hydrogen) atoms. The molecule has 156 valence electrons. The van der Waals surface area contributed by atoms with E-state index < -0.39 is 0 Å². The molecule has 0 N–H and O–H groups in total. The summed E-state index contributed by atoms with van der Waals surface area (Å²) >= 11 is 1.88. The van der Waals surface area contributed by atoms with Crippen molar-refractivity contribution in [1.29, 1.82) is 0 Å². The SMILES string of the molecule is CC(C)(C)n1c(-c2ccc(-c3cccc4c3sc3ccccc34)cc2)nc2ccccc21. The molecule has 0 aliphatic heterocycles. The highest BCUT2D eigenvalue weighted by atomic mass is 32.1. The van der Waals surface area contributed by atoms with Gasteiger partial charge in [0.15, 0.2) is 0 Å². The molecular formula is C29H24N2S. The van der Waals surface area contributed by atoms with Crippen LogP contribution in [-0.4, -0.2) is 9.55 Å². The zero-order chi connectivity index (χ0) is 21.9. The molecule has 4 aromatic carbocycles. The molecule has 0 atom stereocenters. The van der Waals surface area contributed by atoms with Gasteiger partial charge in [0.2, 0.25) is 0 Å². The Hall–Kier alpha value is -3.43. The number of hydrogen-bond donors (Lipinski definition) is 0. The van der Waals surface area contributed by atoms with Crippen molar-refractivity contribution in [3.63, 3.8) is 0 Å². The van der Waals surface area contributed by atoms with E-state index in [1.54, 1.807) is 0 Å². The monoisotopic (exact) mass is 432 g/mol. The number of nitrogens with zero attached hydrogens (tertiary/aromatic N) is 2. The Balaban J connectivity index is 1.50. The quantitative estimate of drug-likeness (QED) is 0.268. The Bertz CT molecular complexity index is 1590. The number of thiophene rings is 1. The second kappa shape index (κ2) is 7.04. The molecule has 0 radical (unpaired) electrons. The zero-order valence-corrected chi connectivity index (χ0v) is 19.3. The number of aromatic nitrogens is 2. The van der Waals surface area contributed by atoms with E-state index >= 15 is 0 Å². The van der Waals surface area contributed by atoms with E-state index in [1.165, 1.54) is 36.8 Å². The molecule has 0 fully saturated rings. The minimum Gasteiger partial charge on any atom is -0.319 e. The molecule has 0 saturated carbocycles. The molecule has 3 heteroatoms. The van der Waals surface area contributed by atoms with Gasteiger partial charge in [-0.3, -0.25) is 0 Å². The van der Waals surface area contributed by atoms with E-state index in [-0.39, 0.29) is 5.54 Å². The normalized spacial score (nSPS) is 12.2. The summed E-state index contributed by atoms with van der Waals surface area (Å²) in [5.74, 6) is 1.02. The molecule has 2 heterocycles. The van der Waals surface area contributed by atoms with Crippen LogP contribution in [0, 0.1) is 0 Å². The van der Waals surface area contributed by atoms with Crippen molar-refractivity contribution in [2.75, 3.05) is 0 Å². The third-order valence-corrected chi connectivity index (χ3v) is 7.31. The standard InChI is InChI=1S/C29H24N2S/c1-29(2,3)31-25-13-6-5-12-24(25)30-28(31)20-17-15-19(16-18-20)21-10-8-11-23-22-9-4-7-14-26(22)32-27(21)23/h4-18H,1-3H3.